The van der Waals surface area contributed by atoms with Crippen molar-refractivity contribution in [3.63, 3.8) is 0 Å². The molecule has 1 aromatic rings. The molecule has 0 saturated carbocycles. The molecule has 1 rings (SSSR count). The lowest BCUT2D eigenvalue weighted by atomic mass is 10.1. The van der Waals surface area contributed by atoms with E-state index in [1.165, 1.54) is 11.0 Å². The van der Waals surface area contributed by atoms with Gasteiger partial charge in [-0.05, 0) is 33.2 Å². The highest BCUT2D eigenvalue weighted by Gasteiger charge is 2.16. The van der Waals surface area contributed by atoms with Gasteiger partial charge in [-0.2, -0.15) is 0 Å². The van der Waals surface area contributed by atoms with Gasteiger partial charge in [-0.1, -0.05) is 11.6 Å². The van der Waals surface area contributed by atoms with Crippen molar-refractivity contribution in [2.75, 3.05) is 34.2 Å². The lowest BCUT2D eigenvalue weighted by Crippen LogP contribution is -2.34. The number of rotatable bonds is 4. The molecular weight excluding hydrogens is 219 g/mol. The summed E-state index contributed by atoms with van der Waals surface area (Å²) in [6, 6.07) is 4.58. The lowest BCUT2D eigenvalue weighted by molar-refractivity contribution is 0.0781. The number of hydrogen-bond donors (Lipinski definition) is 0. The van der Waals surface area contributed by atoms with Crippen molar-refractivity contribution >= 4 is 5.91 Å². The molecule has 0 heterocycles. The molecule has 0 aromatic heterocycles. The van der Waals surface area contributed by atoms with Crippen molar-refractivity contribution in [3.8, 4) is 0 Å². The van der Waals surface area contributed by atoms with Crippen LogP contribution in [0.5, 0.6) is 0 Å². The minimum atomic E-state index is -0.461. The largest absolute Gasteiger partial charge is 0.340 e. The van der Waals surface area contributed by atoms with E-state index in [0.29, 0.717) is 6.54 Å². The standard InChI is InChI=1S/C13H19FN2O/c1-10-5-6-12(14)11(9-10)13(17)16(4)8-7-15(2)3/h5-6,9H,7-8H2,1-4H3. The third-order valence-corrected chi connectivity index (χ3v) is 2.58. The van der Waals surface area contributed by atoms with Crippen LogP contribution in [0.3, 0.4) is 0 Å². The van der Waals surface area contributed by atoms with E-state index < -0.39 is 5.82 Å². The maximum atomic E-state index is 13.5. The normalized spacial score (nSPS) is 10.7. The Morgan fingerprint density at radius 3 is 2.47 bits per heavy atom. The van der Waals surface area contributed by atoms with Crippen molar-refractivity contribution < 1.29 is 9.18 Å². The lowest BCUT2D eigenvalue weighted by Gasteiger charge is -2.20. The van der Waals surface area contributed by atoms with E-state index in [1.807, 2.05) is 25.9 Å². The van der Waals surface area contributed by atoms with Crippen LogP contribution in [-0.2, 0) is 0 Å². The Balaban J connectivity index is 2.78. The Labute approximate surface area is 102 Å². The maximum absolute atomic E-state index is 13.5. The van der Waals surface area contributed by atoms with Gasteiger partial charge < -0.3 is 9.80 Å². The van der Waals surface area contributed by atoms with E-state index in [4.69, 9.17) is 0 Å². The highest BCUT2D eigenvalue weighted by atomic mass is 19.1. The molecule has 0 bridgehead atoms. The van der Waals surface area contributed by atoms with Gasteiger partial charge in [0.1, 0.15) is 5.82 Å². The van der Waals surface area contributed by atoms with E-state index in [0.717, 1.165) is 12.1 Å². The first-order chi connectivity index (χ1) is 7.91. The molecular formula is C13H19FN2O. The summed E-state index contributed by atoms with van der Waals surface area (Å²) in [5.41, 5.74) is 1.03. The van der Waals surface area contributed by atoms with Crippen molar-refractivity contribution in [2.45, 2.75) is 6.92 Å². The molecule has 17 heavy (non-hydrogen) atoms. The van der Waals surface area contributed by atoms with Gasteiger partial charge in [0.05, 0.1) is 5.56 Å². The predicted molar refractivity (Wildman–Crippen MR) is 66.7 cm³/mol. The summed E-state index contributed by atoms with van der Waals surface area (Å²) in [5.74, 6) is -0.731. The molecule has 0 N–H and O–H groups in total. The number of amides is 1. The Hall–Kier alpha value is -1.42. The van der Waals surface area contributed by atoms with Crippen LogP contribution in [0.1, 0.15) is 15.9 Å². The molecule has 4 heteroatoms. The average molecular weight is 238 g/mol. The van der Waals surface area contributed by atoms with E-state index in [2.05, 4.69) is 0 Å². The number of aryl methyl sites for hydroxylation is 1. The van der Waals surface area contributed by atoms with E-state index in [1.54, 1.807) is 19.2 Å². The summed E-state index contributed by atoms with van der Waals surface area (Å²) in [6.45, 7) is 3.19. The summed E-state index contributed by atoms with van der Waals surface area (Å²) >= 11 is 0. The summed E-state index contributed by atoms with van der Waals surface area (Å²) < 4.78 is 13.5. The summed E-state index contributed by atoms with van der Waals surface area (Å²) in [5, 5.41) is 0. The van der Waals surface area contributed by atoms with Crippen LogP contribution in [0.2, 0.25) is 0 Å². The summed E-state index contributed by atoms with van der Waals surface area (Å²) in [4.78, 5) is 15.5. The van der Waals surface area contributed by atoms with E-state index in [9.17, 15) is 9.18 Å². The smallest absolute Gasteiger partial charge is 0.256 e. The van der Waals surface area contributed by atoms with Crippen LogP contribution in [0, 0.1) is 12.7 Å². The number of carbonyl (C=O) groups excluding carboxylic acids is 1. The molecule has 0 atom stereocenters. The van der Waals surface area contributed by atoms with Crippen LogP contribution < -0.4 is 0 Å². The third kappa shape index (κ3) is 3.82. The zero-order valence-corrected chi connectivity index (χ0v) is 10.8. The molecule has 0 aliphatic heterocycles. The van der Waals surface area contributed by atoms with Crippen molar-refractivity contribution in [1.29, 1.82) is 0 Å². The van der Waals surface area contributed by atoms with Gasteiger partial charge in [-0.3, -0.25) is 4.79 Å². The molecule has 1 aromatic carbocycles. The second-order valence-corrected chi connectivity index (χ2v) is 4.51. The first kappa shape index (κ1) is 13.6. The first-order valence-corrected chi connectivity index (χ1v) is 5.58. The molecule has 0 aliphatic carbocycles. The minimum Gasteiger partial charge on any atom is -0.340 e. The zero-order valence-electron chi connectivity index (χ0n) is 10.8. The van der Waals surface area contributed by atoms with Gasteiger partial charge in [0.15, 0.2) is 0 Å². The highest BCUT2D eigenvalue weighted by molar-refractivity contribution is 5.94. The van der Waals surface area contributed by atoms with Crippen LogP contribution >= 0.6 is 0 Å². The number of benzene rings is 1. The molecule has 0 unspecified atom stereocenters. The Bertz CT molecular complexity index is 404. The number of nitrogens with zero attached hydrogens (tertiary/aromatic N) is 2. The monoisotopic (exact) mass is 238 g/mol. The molecule has 0 spiro atoms. The SMILES string of the molecule is Cc1ccc(F)c(C(=O)N(C)CCN(C)C)c1. The highest BCUT2D eigenvalue weighted by Crippen LogP contribution is 2.12. The topological polar surface area (TPSA) is 23.6 Å². The van der Waals surface area contributed by atoms with Gasteiger partial charge in [0.2, 0.25) is 0 Å². The number of halogens is 1. The third-order valence-electron chi connectivity index (χ3n) is 2.58. The fourth-order valence-corrected chi connectivity index (χ4v) is 1.46. The number of hydrogen-bond acceptors (Lipinski definition) is 2. The van der Waals surface area contributed by atoms with Crippen molar-refractivity contribution in [3.05, 3.63) is 35.1 Å². The second-order valence-electron chi connectivity index (χ2n) is 4.51. The summed E-state index contributed by atoms with van der Waals surface area (Å²) in [7, 11) is 5.56. The Morgan fingerprint density at radius 1 is 1.24 bits per heavy atom. The molecule has 94 valence electrons. The van der Waals surface area contributed by atoms with Gasteiger partial charge in [-0.25, -0.2) is 4.39 Å². The van der Waals surface area contributed by atoms with Crippen molar-refractivity contribution in [1.82, 2.24) is 9.80 Å². The Kier molecular flexibility index (Phi) is 4.63. The van der Waals surface area contributed by atoms with Crippen LogP contribution in [0.4, 0.5) is 4.39 Å². The molecule has 0 fully saturated rings. The van der Waals surface area contributed by atoms with E-state index in [-0.39, 0.29) is 11.5 Å². The van der Waals surface area contributed by atoms with Gasteiger partial charge in [0, 0.05) is 20.1 Å². The van der Waals surface area contributed by atoms with Gasteiger partial charge in [0.25, 0.3) is 5.91 Å². The van der Waals surface area contributed by atoms with E-state index >= 15 is 0 Å². The quantitative estimate of drug-likeness (QED) is 0.798. The predicted octanol–water partition coefficient (Wildman–Crippen LogP) is 1.77. The Morgan fingerprint density at radius 2 is 1.88 bits per heavy atom. The number of carbonyl (C=O) groups is 1. The molecule has 1 amide bonds. The maximum Gasteiger partial charge on any atom is 0.256 e. The molecule has 0 aliphatic rings. The van der Waals surface area contributed by atoms with Gasteiger partial charge >= 0.3 is 0 Å². The van der Waals surface area contributed by atoms with Crippen LogP contribution in [0.15, 0.2) is 18.2 Å². The molecule has 0 saturated heterocycles. The molecule has 0 radical (unpaired) electrons. The van der Waals surface area contributed by atoms with Crippen LogP contribution in [0.25, 0.3) is 0 Å². The number of likely N-dealkylation sites (N-methyl/N-ethyl adjacent to an activating group) is 2. The fraction of sp³-hybridized carbons (Fsp3) is 0.462. The summed E-state index contributed by atoms with van der Waals surface area (Å²) in [6.07, 6.45) is 0. The second kappa shape index (κ2) is 5.77. The fourth-order valence-electron chi connectivity index (χ4n) is 1.46. The zero-order chi connectivity index (χ0) is 13.0. The van der Waals surface area contributed by atoms with Crippen molar-refractivity contribution in [2.24, 2.45) is 0 Å². The van der Waals surface area contributed by atoms with Crippen LogP contribution in [-0.4, -0.2) is 49.9 Å². The van der Waals surface area contributed by atoms with Gasteiger partial charge in [-0.15, -0.1) is 0 Å². The minimum absolute atomic E-state index is 0.145. The first-order valence-electron chi connectivity index (χ1n) is 5.58. The molecule has 3 nitrogen and oxygen atoms in total. The average Bonchev–Trinajstić information content (AvgIpc) is 2.28.